The monoisotopic (exact) mass is 181 g/mol. The molecular formula is C11H19NO. The second kappa shape index (κ2) is 5.26. The Morgan fingerprint density at radius 2 is 2.23 bits per heavy atom. The van der Waals surface area contributed by atoms with Crippen LogP contribution in [0.2, 0.25) is 0 Å². The van der Waals surface area contributed by atoms with Crippen LogP contribution < -0.4 is 5.32 Å². The Labute approximate surface area is 81.0 Å². The minimum atomic E-state index is 0.152. The maximum atomic E-state index is 5.48. The Hall–Kier alpha value is -0.520. The largest absolute Gasteiger partial charge is 0.377 e. The van der Waals surface area contributed by atoms with Crippen molar-refractivity contribution in [3.05, 3.63) is 0 Å². The summed E-state index contributed by atoms with van der Waals surface area (Å²) in [5, 5.41) is 3.39. The summed E-state index contributed by atoms with van der Waals surface area (Å²) in [5.41, 5.74) is 0.152. The van der Waals surface area contributed by atoms with Gasteiger partial charge in [-0.15, -0.1) is 11.8 Å². The minimum absolute atomic E-state index is 0.152. The molecule has 1 fully saturated rings. The van der Waals surface area contributed by atoms with Crippen LogP contribution in [0.1, 0.15) is 32.6 Å². The fourth-order valence-electron chi connectivity index (χ4n) is 1.62. The van der Waals surface area contributed by atoms with E-state index in [1.165, 1.54) is 19.3 Å². The van der Waals surface area contributed by atoms with E-state index < -0.39 is 0 Å². The van der Waals surface area contributed by atoms with Gasteiger partial charge in [-0.05, 0) is 26.2 Å². The summed E-state index contributed by atoms with van der Waals surface area (Å²) in [7, 11) is 1.81. The second-order valence-corrected chi connectivity index (χ2v) is 3.59. The van der Waals surface area contributed by atoms with Gasteiger partial charge in [0.2, 0.25) is 0 Å². The highest BCUT2D eigenvalue weighted by molar-refractivity contribution is 4.96. The molecule has 74 valence electrons. The summed E-state index contributed by atoms with van der Waals surface area (Å²) in [5.74, 6) is 5.92. The van der Waals surface area contributed by atoms with Crippen LogP contribution in [0.25, 0.3) is 0 Å². The van der Waals surface area contributed by atoms with Gasteiger partial charge in [0, 0.05) is 26.6 Å². The van der Waals surface area contributed by atoms with Gasteiger partial charge in [-0.25, -0.2) is 0 Å². The van der Waals surface area contributed by atoms with Gasteiger partial charge in [0.15, 0.2) is 0 Å². The highest BCUT2D eigenvalue weighted by Gasteiger charge is 2.36. The van der Waals surface area contributed by atoms with Gasteiger partial charge in [0.05, 0.1) is 5.60 Å². The lowest BCUT2D eigenvalue weighted by Crippen LogP contribution is -2.48. The number of rotatable bonds is 5. The molecule has 2 nitrogen and oxygen atoms in total. The lowest BCUT2D eigenvalue weighted by atomic mass is 9.80. The van der Waals surface area contributed by atoms with Crippen molar-refractivity contribution in [2.24, 2.45) is 0 Å². The Bertz CT molecular complexity index is 192. The van der Waals surface area contributed by atoms with Crippen molar-refractivity contribution in [2.45, 2.75) is 38.2 Å². The summed E-state index contributed by atoms with van der Waals surface area (Å²) < 4.78 is 5.48. The normalized spacial score (nSPS) is 18.6. The van der Waals surface area contributed by atoms with E-state index in [9.17, 15) is 0 Å². The molecule has 0 bridgehead atoms. The Kier molecular flexibility index (Phi) is 4.27. The number of nitrogens with one attached hydrogen (secondary N) is 1. The fraction of sp³-hybridized carbons (Fsp3) is 0.818. The van der Waals surface area contributed by atoms with E-state index in [-0.39, 0.29) is 5.60 Å². The van der Waals surface area contributed by atoms with Crippen molar-refractivity contribution >= 4 is 0 Å². The first-order valence-corrected chi connectivity index (χ1v) is 4.98. The molecule has 0 heterocycles. The summed E-state index contributed by atoms with van der Waals surface area (Å²) in [4.78, 5) is 0. The van der Waals surface area contributed by atoms with Crippen molar-refractivity contribution in [1.29, 1.82) is 0 Å². The van der Waals surface area contributed by atoms with E-state index in [1.54, 1.807) is 0 Å². The van der Waals surface area contributed by atoms with Crippen LogP contribution in [-0.4, -0.2) is 25.8 Å². The van der Waals surface area contributed by atoms with Crippen LogP contribution >= 0.6 is 0 Å². The van der Waals surface area contributed by atoms with Crippen LogP contribution in [0.4, 0.5) is 0 Å². The van der Waals surface area contributed by atoms with Gasteiger partial charge in [-0.2, -0.15) is 0 Å². The fourth-order valence-corrected chi connectivity index (χ4v) is 1.62. The molecule has 0 saturated heterocycles. The molecule has 0 amide bonds. The molecule has 0 unspecified atom stereocenters. The summed E-state index contributed by atoms with van der Waals surface area (Å²) in [6.07, 6.45) is 4.66. The predicted octanol–water partition coefficient (Wildman–Crippen LogP) is 1.56. The van der Waals surface area contributed by atoms with Crippen molar-refractivity contribution < 1.29 is 4.74 Å². The average Bonchev–Trinajstić information content (AvgIpc) is 2.09. The first-order valence-electron chi connectivity index (χ1n) is 4.98. The molecule has 1 N–H and O–H groups in total. The molecule has 13 heavy (non-hydrogen) atoms. The first-order chi connectivity index (χ1) is 6.33. The van der Waals surface area contributed by atoms with Crippen LogP contribution in [0.5, 0.6) is 0 Å². The number of hydrogen-bond donors (Lipinski definition) is 1. The Morgan fingerprint density at radius 1 is 1.46 bits per heavy atom. The van der Waals surface area contributed by atoms with Crippen molar-refractivity contribution in [3.8, 4) is 11.8 Å². The lowest BCUT2D eigenvalue weighted by Gasteiger charge is -2.40. The molecule has 0 spiro atoms. The van der Waals surface area contributed by atoms with Gasteiger partial charge in [0.25, 0.3) is 0 Å². The van der Waals surface area contributed by atoms with E-state index in [1.807, 2.05) is 14.0 Å². The van der Waals surface area contributed by atoms with Crippen LogP contribution in [0.3, 0.4) is 0 Å². The molecule has 1 rings (SSSR count). The highest BCUT2D eigenvalue weighted by atomic mass is 16.5. The Morgan fingerprint density at radius 3 is 2.69 bits per heavy atom. The SMILES string of the molecule is CC#CCCNCC1(OC)CCC1. The minimum Gasteiger partial charge on any atom is -0.377 e. The molecule has 1 saturated carbocycles. The van der Waals surface area contributed by atoms with Gasteiger partial charge in [-0.1, -0.05) is 0 Å². The van der Waals surface area contributed by atoms with E-state index in [2.05, 4.69) is 17.2 Å². The predicted molar refractivity (Wildman–Crippen MR) is 54.5 cm³/mol. The third-order valence-electron chi connectivity index (χ3n) is 2.75. The van der Waals surface area contributed by atoms with E-state index in [0.717, 1.165) is 19.5 Å². The molecule has 2 heteroatoms. The second-order valence-electron chi connectivity index (χ2n) is 3.59. The third kappa shape index (κ3) is 3.02. The molecule has 0 atom stereocenters. The summed E-state index contributed by atoms with van der Waals surface area (Å²) in [6, 6.07) is 0. The zero-order chi connectivity index (χ0) is 9.57. The van der Waals surface area contributed by atoms with E-state index in [0.29, 0.717) is 0 Å². The smallest absolute Gasteiger partial charge is 0.0802 e. The van der Waals surface area contributed by atoms with Crippen LogP contribution in [-0.2, 0) is 4.74 Å². The standard InChI is InChI=1S/C11H19NO/c1-3-4-5-9-12-10-11(13-2)7-6-8-11/h12H,5-10H2,1-2H3. The number of methoxy groups -OCH3 is 1. The maximum Gasteiger partial charge on any atom is 0.0802 e. The van der Waals surface area contributed by atoms with Crippen molar-refractivity contribution in [2.75, 3.05) is 20.2 Å². The zero-order valence-corrected chi connectivity index (χ0v) is 8.65. The molecule has 1 aliphatic rings. The quantitative estimate of drug-likeness (QED) is 0.513. The molecule has 0 aromatic carbocycles. The average molecular weight is 181 g/mol. The molecular weight excluding hydrogens is 162 g/mol. The van der Waals surface area contributed by atoms with Crippen molar-refractivity contribution in [1.82, 2.24) is 5.32 Å². The van der Waals surface area contributed by atoms with Gasteiger partial charge in [0.1, 0.15) is 0 Å². The molecule has 0 aromatic heterocycles. The number of ether oxygens (including phenoxy) is 1. The summed E-state index contributed by atoms with van der Waals surface area (Å²) >= 11 is 0. The number of hydrogen-bond acceptors (Lipinski definition) is 2. The zero-order valence-electron chi connectivity index (χ0n) is 8.65. The van der Waals surface area contributed by atoms with Gasteiger partial charge < -0.3 is 10.1 Å². The molecule has 0 radical (unpaired) electrons. The molecule has 1 aliphatic carbocycles. The lowest BCUT2D eigenvalue weighted by molar-refractivity contribution is -0.0691. The summed E-state index contributed by atoms with van der Waals surface area (Å²) in [6.45, 7) is 3.84. The van der Waals surface area contributed by atoms with E-state index in [4.69, 9.17) is 4.74 Å². The first kappa shape index (κ1) is 10.6. The Balaban J connectivity index is 2.06. The van der Waals surface area contributed by atoms with Crippen LogP contribution in [0.15, 0.2) is 0 Å². The van der Waals surface area contributed by atoms with Gasteiger partial charge in [-0.3, -0.25) is 0 Å². The molecule has 0 aromatic rings. The highest BCUT2D eigenvalue weighted by Crippen LogP contribution is 2.34. The van der Waals surface area contributed by atoms with Gasteiger partial charge >= 0.3 is 0 Å². The van der Waals surface area contributed by atoms with Crippen molar-refractivity contribution in [3.63, 3.8) is 0 Å². The third-order valence-corrected chi connectivity index (χ3v) is 2.75. The topological polar surface area (TPSA) is 21.3 Å². The maximum absolute atomic E-state index is 5.48. The van der Waals surface area contributed by atoms with E-state index >= 15 is 0 Å². The van der Waals surface area contributed by atoms with Crippen LogP contribution in [0, 0.1) is 11.8 Å². The molecule has 0 aliphatic heterocycles.